The first-order valence-corrected chi connectivity index (χ1v) is 5.77. The van der Waals surface area contributed by atoms with Crippen LogP contribution < -0.4 is 5.11 Å². The van der Waals surface area contributed by atoms with Gasteiger partial charge in [-0.2, -0.15) is 0 Å². The van der Waals surface area contributed by atoms with Crippen LogP contribution >= 0.6 is 0 Å². The van der Waals surface area contributed by atoms with Gasteiger partial charge >= 0.3 is 6.09 Å². The van der Waals surface area contributed by atoms with E-state index in [1.165, 1.54) is 0 Å². The highest BCUT2D eigenvalue weighted by Crippen LogP contribution is 2.17. The lowest BCUT2D eigenvalue weighted by Gasteiger charge is -2.31. The molecular weight excluding hydrogens is 210 g/mol. The number of carbonyl (C=O) groups excluding carboxylic acids is 2. The monoisotopic (exact) mass is 228 g/mol. The summed E-state index contributed by atoms with van der Waals surface area (Å²) in [5.41, 5.74) is 0. The van der Waals surface area contributed by atoms with Crippen LogP contribution in [0.3, 0.4) is 0 Å². The third kappa shape index (κ3) is 3.72. The number of ether oxygens (including phenoxy) is 1. The molecule has 0 spiro atoms. The minimum atomic E-state index is -1.01. The minimum Gasteiger partial charge on any atom is -0.550 e. The molecule has 0 saturated carbocycles. The second-order valence-electron chi connectivity index (χ2n) is 4.05. The molecule has 0 aromatic heterocycles. The summed E-state index contributed by atoms with van der Waals surface area (Å²) in [5.74, 6) is -1.43. The third-order valence-corrected chi connectivity index (χ3v) is 2.81. The Hall–Kier alpha value is -1.26. The zero-order chi connectivity index (χ0) is 12.0. The number of carboxylic acid groups (broad SMARTS) is 1. The molecule has 5 heteroatoms. The van der Waals surface area contributed by atoms with Crippen LogP contribution in [0.1, 0.15) is 32.6 Å². The molecule has 5 nitrogen and oxygen atoms in total. The SMILES string of the molecule is CCCCOC(=O)N1CCC(C(=O)[O-])CC1. The second kappa shape index (κ2) is 6.35. The lowest BCUT2D eigenvalue weighted by atomic mass is 9.97. The second-order valence-corrected chi connectivity index (χ2v) is 4.05. The van der Waals surface area contributed by atoms with Gasteiger partial charge in [-0.3, -0.25) is 0 Å². The molecule has 1 aliphatic heterocycles. The van der Waals surface area contributed by atoms with Gasteiger partial charge in [0.05, 0.1) is 6.61 Å². The molecule has 0 aromatic carbocycles. The lowest BCUT2D eigenvalue weighted by molar-refractivity contribution is -0.312. The first kappa shape index (κ1) is 12.8. The molecule has 0 bridgehead atoms. The van der Waals surface area contributed by atoms with Gasteiger partial charge in [0.1, 0.15) is 0 Å². The van der Waals surface area contributed by atoms with Gasteiger partial charge in [-0.15, -0.1) is 0 Å². The van der Waals surface area contributed by atoms with E-state index in [1.807, 2.05) is 6.92 Å². The molecule has 1 fully saturated rings. The largest absolute Gasteiger partial charge is 0.550 e. The van der Waals surface area contributed by atoms with Crippen molar-refractivity contribution in [2.24, 2.45) is 5.92 Å². The van der Waals surface area contributed by atoms with Crippen molar-refractivity contribution in [3.8, 4) is 0 Å². The molecule has 0 aliphatic carbocycles. The Kier molecular flexibility index (Phi) is 5.08. The van der Waals surface area contributed by atoms with Gasteiger partial charge in [0, 0.05) is 25.0 Å². The number of nitrogens with zero attached hydrogens (tertiary/aromatic N) is 1. The van der Waals surface area contributed by atoms with Gasteiger partial charge in [-0.05, 0) is 19.3 Å². The summed E-state index contributed by atoms with van der Waals surface area (Å²) in [6, 6.07) is 0. The van der Waals surface area contributed by atoms with E-state index in [-0.39, 0.29) is 6.09 Å². The molecule has 1 amide bonds. The van der Waals surface area contributed by atoms with E-state index in [1.54, 1.807) is 4.90 Å². The quantitative estimate of drug-likeness (QED) is 0.652. The summed E-state index contributed by atoms with van der Waals surface area (Å²) in [5, 5.41) is 10.6. The molecule has 0 radical (unpaired) electrons. The normalized spacial score (nSPS) is 17.2. The predicted octanol–water partition coefficient (Wildman–Crippen LogP) is 0.385. The van der Waals surface area contributed by atoms with Crippen molar-refractivity contribution in [3.05, 3.63) is 0 Å². The highest BCUT2D eigenvalue weighted by Gasteiger charge is 2.23. The average molecular weight is 228 g/mol. The topological polar surface area (TPSA) is 69.7 Å². The summed E-state index contributed by atoms with van der Waals surface area (Å²) in [4.78, 5) is 23.7. The number of hydrogen-bond donors (Lipinski definition) is 0. The van der Waals surface area contributed by atoms with E-state index >= 15 is 0 Å². The van der Waals surface area contributed by atoms with Crippen LogP contribution in [-0.2, 0) is 9.53 Å². The first-order chi connectivity index (χ1) is 7.65. The number of unbranched alkanes of at least 4 members (excludes halogenated alkanes) is 1. The van der Waals surface area contributed by atoms with Crippen LogP contribution in [0, 0.1) is 5.92 Å². The van der Waals surface area contributed by atoms with E-state index in [0.717, 1.165) is 12.8 Å². The smallest absolute Gasteiger partial charge is 0.409 e. The number of carboxylic acids is 1. The van der Waals surface area contributed by atoms with Crippen molar-refractivity contribution in [3.63, 3.8) is 0 Å². The Bertz CT molecular complexity index is 246. The predicted molar refractivity (Wildman–Crippen MR) is 55.6 cm³/mol. The third-order valence-electron chi connectivity index (χ3n) is 2.81. The molecule has 1 rings (SSSR count). The molecule has 92 valence electrons. The Labute approximate surface area is 95.4 Å². The number of carbonyl (C=O) groups is 2. The molecule has 16 heavy (non-hydrogen) atoms. The standard InChI is InChI=1S/C11H19NO4/c1-2-3-8-16-11(15)12-6-4-9(5-7-12)10(13)14/h9H,2-8H2,1H3,(H,13,14)/p-1. The minimum absolute atomic E-state index is 0.328. The van der Waals surface area contributed by atoms with Crippen LogP contribution in [0.2, 0.25) is 0 Å². The van der Waals surface area contributed by atoms with E-state index in [4.69, 9.17) is 4.74 Å². The van der Waals surface area contributed by atoms with Crippen LogP contribution in [-0.4, -0.2) is 36.7 Å². The Morgan fingerprint density at radius 3 is 2.50 bits per heavy atom. The molecule has 1 saturated heterocycles. The number of amides is 1. The zero-order valence-corrected chi connectivity index (χ0v) is 9.61. The Morgan fingerprint density at radius 1 is 1.38 bits per heavy atom. The summed E-state index contributed by atoms with van der Waals surface area (Å²) in [7, 11) is 0. The van der Waals surface area contributed by atoms with Gasteiger partial charge in [-0.1, -0.05) is 13.3 Å². The summed E-state index contributed by atoms with van der Waals surface area (Å²) < 4.78 is 5.04. The molecule has 1 aliphatic rings. The van der Waals surface area contributed by atoms with E-state index in [2.05, 4.69) is 0 Å². The van der Waals surface area contributed by atoms with E-state index in [0.29, 0.717) is 32.5 Å². The molecule has 0 aromatic rings. The maximum absolute atomic E-state index is 11.5. The maximum atomic E-state index is 11.5. The molecule has 1 heterocycles. The Morgan fingerprint density at radius 2 is 2.00 bits per heavy atom. The molecule has 0 unspecified atom stereocenters. The molecular formula is C11H18NO4-. The zero-order valence-electron chi connectivity index (χ0n) is 9.61. The highest BCUT2D eigenvalue weighted by molar-refractivity contribution is 5.70. The van der Waals surface area contributed by atoms with Gasteiger partial charge in [-0.25, -0.2) is 4.79 Å². The van der Waals surface area contributed by atoms with Crippen molar-refractivity contribution < 1.29 is 19.4 Å². The summed E-state index contributed by atoms with van der Waals surface area (Å²) in [6.07, 6.45) is 2.45. The van der Waals surface area contributed by atoms with Crippen molar-refractivity contribution >= 4 is 12.1 Å². The van der Waals surface area contributed by atoms with Crippen LogP contribution in [0.5, 0.6) is 0 Å². The Balaban J connectivity index is 2.25. The van der Waals surface area contributed by atoms with Gasteiger partial charge in [0.25, 0.3) is 0 Å². The number of aliphatic carboxylic acids is 1. The lowest BCUT2D eigenvalue weighted by Crippen LogP contribution is -2.43. The summed E-state index contributed by atoms with van der Waals surface area (Å²) in [6.45, 7) is 3.36. The number of piperidine rings is 1. The number of likely N-dealkylation sites (tertiary alicyclic amines) is 1. The fraction of sp³-hybridized carbons (Fsp3) is 0.818. The van der Waals surface area contributed by atoms with Gasteiger partial charge in [0.15, 0.2) is 0 Å². The maximum Gasteiger partial charge on any atom is 0.409 e. The first-order valence-electron chi connectivity index (χ1n) is 5.77. The van der Waals surface area contributed by atoms with Crippen molar-refractivity contribution in [2.75, 3.05) is 19.7 Å². The van der Waals surface area contributed by atoms with Crippen LogP contribution in [0.15, 0.2) is 0 Å². The van der Waals surface area contributed by atoms with Crippen molar-refractivity contribution in [2.45, 2.75) is 32.6 Å². The number of hydrogen-bond acceptors (Lipinski definition) is 4. The highest BCUT2D eigenvalue weighted by atomic mass is 16.6. The van der Waals surface area contributed by atoms with Crippen molar-refractivity contribution in [1.82, 2.24) is 4.90 Å². The fourth-order valence-electron chi connectivity index (χ4n) is 1.69. The molecule has 0 atom stereocenters. The fourth-order valence-corrected chi connectivity index (χ4v) is 1.69. The number of rotatable bonds is 4. The van der Waals surface area contributed by atoms with Crippen LogP contribution in [0.25, 0.3) is 0 Å². The summed E-state index contributed by atoms with van der Waals surface area (Å²) >= 11 is 0. The average Bonchev–Trinajstić information content (AvgIpc) is 2.29. The van der Waals surface area contributed by atoms with E-state index in [9.17, 15) is 14.7 Å². The van der Waals surface area contributed by atoms with E-state index < -0.39 is 11.9 Å². The van der Waals surface area contributed by atoms with Gasteiger partial charge in [0.2, 0.25) is 0 Å². The van der Waals surface area contributed by atoms with Crippen LogP contribution in [0.4, 0.5) is 4.79 Å². The van der Waals surface area contributed by atoms with Crippen molar-refractivity contribution in [1.29, 1.82) is 0 Å². The van der Waals surface area contributed by atoms with Gasteiger partial charge < -0.3 is 19.5 Å². The molecule has 0 N–H and O–H groups in total.